The number of aromatic nitrogens is 4. The molecule has 0 aromatic carbocycles. The minimum atomic E-state index is -0.267. The molecule has 2 amide bonds. The van der Waals surface area contributed by atoms with Crippen LogP contribution in [0.1, 0.15) is 31.2 Å². The van der Waals surface area contributed by atoms with Crippen LogP contribution in [-0.2, 0) is 16.6 Å². The van der Waals surface area contributed by atoms with Gasteiger partial charge in [0, 0.05) is 13.0 Å². The summed E-state index contributed by atoms with van der Waals surface area (Å²) in [6.45, 7) is 7.12. The first-order valence-electron chi connectivity index (χ1n) is 8.99. The summed E-state index contributed by atoms with van der Waals surface area (Å²) >= 11 is 1.31. The lowest BCUT2D eigenvalue weighted by molar-refractivity contribution is -0.123. The van der Waals surface area contributed by atoms with Crippen molar-refractivity contribution in [1.82, 2.24) is 24.9 Å². The number of aryl methyl sites for hydroxylation is 2. The van der Waals surface area contributed by atoms with Gasteiger partial charge in [0.2, 0.25) is 16.9 Å². The van der Waals surface area contributed by atoms with Gasteiger partial charge < -0.3 is 10.6 Å². The topological polar surface area (TPSA) is 105 Å². The first-order chi connectivity index (χ1) is 12.9. The van der Waals surface area contributed by atoms with Crippen molar-refractivity contribution in [1.29, 1.82) is 0 Å². The predicted molar refractivity (Wildman–Crippen MR) is 104 cm³/mol. The molecule has 2 aromatic rings. The molecular weight excluding hydrogens is 366 g/mol. The summed E-state index contributed by atoms with van der Waals surface area (Å²) in [5, 5.41) is 18.2. The van der Waals surface area contributed by atoms with Crippen LogP contribution < -0.4 is 10.6 Å². The van der Waals surface area contributed by atoms with E-state index in [9.17, 15) is 9.59 Å². The second-order valence-electron chi connectivity index (χ2n) is 6.88. The Morgan fingerprint density at radius 3 is 2.52 bits per heavy atom. The van der Waals surface area contributed by atoms with Gasteiger partial charge in [-0.15, -0.1) is 10.2 Å². The SMILES string of the molecule is Cc1nn(C)c(C)c1NC(=O)[C@@H](C)N1CCC(C(=O)Nc2nncs2)CC1. The third kappa shape index (κ3) is 4.33. The number of piperidine rings is 1. The summed E-state index contributed by atoms with van der Waals surface area (Å²) in [4.78, 5) is 27.1. The minimum absolute atomic E-state index is 0.0230. The standard InChI is InChI=1S/C17H25N7O2S/c1-10-14(11(2)23(4)22-10)19-15(25)12(3)24-7-5-13(6-8-24)16(26)20-17-21-18-9-27-17/h9,12-13H,5-8H2,1-4H3,(H,19,25)(H,20,21,26)/t12-/m1/s1. The Morgan fingerprint density at radius 2 is 1.96 bits per heavy atom. The number of nitrogens with one attached hydrogen (secondary N) is 2. The van der Waals surface area contributed by atoms with Gasteiger partial charge in [-0.1, -0.05) is 11.3 Å². The number of rotatable bonds is 5. The molecule has 3 heterocycles. The summed E-state index contributed by atoms with van der Waals surface area (Å²) in [7, 11) is 1.86. The van der Waals surface area contributed by atoms with Crippen LogP contribution in [0.15, 0.2) is 5.51 Å². The number of hydrogen-bond acceptors (Lipinski definition) is 7. The molecule has 3 rings (SSSR count). The van der Waals surface area contributed by atoms with Gasteiger partial charge in [0.1, 0.15) is 5.51 Å². The van der Waals surface area contributed by atoms with Crippen molar-refractivity contribution in [3.8, 4) is 0 Å². The Labute approximate surface area is 162 Å². The van der Waals surface area contributed by atoms with Gasteiger partial charge in [0.05, 0.1) is 23.1 Å². The lowest BCUT2D eigenvalue weighted by Crippen LogP contribution is -2.47. The van der Waals surface area contributed by atoms with E-state index in [0.29, 0.717) is 31.1 Å². The number of carbonyl (C=O) groups is 2. The summed E-state index contributed by atoms with van der Waals surface area (Å²) in [6, 6.07) is -0.267. The predicted octanol–water partition coefficient (Wildman–Crippen LogP) is 1.57. The molecule has 2 aromatic heterocycles. The Balaban J connectivity index is 1.52. The molecular formula is C17H25N7O2S. The van der Waals surface area contributed by atoms with E-state index in [4.69, 9.17) is 0 Å². The van der Waals surface area contributed by atoms with E-state index in [1.54, 1.807) is 10.2 Å². The molecule has 0 bridgehead atoms. The lowest BCUT2D eigenvalue weighted by atomic mass is 9.95. The molecule has 0 saturated carbocycles. The third-order valence-corrected chi connectivity index (χ3v) is 5.78. The van der Waals surface area contributed by atoms with E-state index in [-0.39, 0.29) is 23.8 Å². The average molecular weight is 392 g/mol. The number of anilines is 2. The van der Waals surface area contributed by atoms with Crippen molar-refractivity contribution in [3.63, 3.8) is 0 Å². The second kappa shape index (κ2) is 8.13. The number of nitrogens with zero attached hydrogens (tertiary/aromatic N) is 5. The van der Waals surface area contributed by atoms with Crippen LogP contribution in [-0.4, -0.2) is 55.8 Å². The fourth-order valence-corrected chi connectivity index (χ4v) is 3.78. The largest absolute Gasteiger partial charge is 0.322 e. The van der Waals surface area contributed by atoms with Gasteiger partial charge in [-0.2, -0.15) is 5.10 Å². The molecule has 0 aliphatic carbocycles. The highest BCUT2D eigenvalue weighted by Gasteiger charge is 2.30. The maximum absolute atomic E-state index is 12.7. The summed E-state index contributed by atoms with van der Waals surface area (Å²) in [6.07, 6.45) is 1.43. The quantitative estimate of drug-likeness (QED) is 0.801. The first kappa shape index (κ1) is 19.4. The van der Waals surface area contributed by atoms with Crippen LogP contribution in [0.2, 0.25) is 0 Å². The molecule has 1 fully saturated rings. The van der Waals surface area contributed by atoms with E-state index in [1.165, 1.54) is 11.3 Å². The molecule has 9 nitrogen and oxygen atoms in total. The highest BCUT2D eigenvalue weighted by atomic mass is 32.1. The molecule has 2 N–H and O–H groups in total. The Morgan fingerprint density at radius 1 is 1.26 bits per heavy atom. The van der Waals surface area contributed by atoms with Gasteiger partial charge in [-0.05, 0) is 46.7 Å². The molecule has 1 saturated heterocycles. The molecule has 1 aliphatic heterocycles. The minimum Gasteiger partial charge on any atom is -0.322 e. The van der Waals surface area contributed by atoms with Crippen molar-refractivity contribution in [2.24, 2.45) is 13.0 Å². The molecule has 1 aliphatic rings. The fraction of sp³-hybridized carbons (Fsp3) is 0.588. The maximum Gasteiger partial charge on any atom is 0.241 e. The van der Waals surface area contributed by atoms with Crippen LogP contribution in [0.4, 0.5) is 10.8 Å². The highest BCUT2D eigenvalue weighted by molar-refractivity contribution is 7.13. The second-order valence-corrected chi connectivity index (χ2v) is 7.71. The molecule has 1 atom stereocenters. The molecule has 0 radical (unpaired) electrons. The highest BCUT2D eigenvalue weighted by Crippen LogP contribution is 2.23. The van der Waals surface area contributed by atoms with Gasteiger partial charge >= 0.3 is 0 Å². The first-order valence-corrected chi connectivity index (χ1v) is 9.87. The van der Waals surface area contributed by atoms with Gasteiger partial charge in [0.25, 0.3) is 0 Å². The number of carbonyl (C=O) groups excluding carboxylic acids is 2. The van der Waals surface area contributed by atoms with Crippen molar-refractivity contribution >= 4 is 34.0 Å². The zero-order valence-corrected chi connectivity index (χ0v) is 16.8. The van der Waals surface area contributed by atoms with E-state index in [0.717, 1.165) is 17.1 Å². The van der Waals surface area contributed by atoms with Crippen molar-refractivity contribution in [2.75, 3.05) is 23.7 Å². The lowest BCUT2D eigenvalue weighted by Gasteiger charge is -2.34. The van der Waals surface area contributed by atoms with E-state index in [1.807, 2.05) is 27.8 Å². The van der Waals surface area contributed by atoms with Crippen LogP contribution >= 0.6 is 11.3 Å². The number of amides is 2. The number of likely N-dealkylation sites (tertiary alicyclic amines) is 1. The fourth-order valence-electron chi connectivity index (χ4n) is 3.33. The van der Waals surface area contributed by atoms with Crippen molar-refractivity contribution < 1.29 is 9.59 Å². The van der Waals surface area contributed by atoms with Crippen LogP contribution in [0.3, 0.4) is 0 Å². The molecule has 27 heavy (non-hydrogen) atoms. The van der Waals surface area contributed by atoms with Gasteiger partial charge in [0.15, 0.2) is 0 Å². The normalized spacial score (nSPS) is 16.9. The van der Waals surface area contributed by atoms with Crippen molar-refractivity contribution in [2.45, 2.75) is 39.7 Å². The van der Waals surface area contributed by atoms with Crippen LogP contribution in [0.5, 0.6) is 0 Å². The third-order valence-electron chi connectivity index (χ3n) is 5.17. The summed E-state index contributed by atoms with van der Waals surface area (Å²) in [5.74, 6) is -0.140. The smallest absolute Gasteiger partial charge is 0.241 e. The molecule has 146 valence electrons. The molecule has 10 heteroatoms. The molecule has 0 unspecified atom stereocenters. The Hall–Kier alpha value is -2.33. The average Bonchev–Trinajstić information content (AvgIpc) is 3.25. The monoisotopic (exact) mass is 391 g/mol. The van der Waals surface area contributed by atoms with Gasteiger partial charge in [-0.25, -0.2) is 0 Å². The van der Waals surface area contributed by atoms with E-state index in [2.05, 4.69) is 30.8 Å². The Kier molecular flexibility index (Phi) is 5.85. The Bertz CT molecular complexity index is 810. The summed E-state index contributed by atoms with van der Waals surface area (Å²) in [5.41, 5.74) is 4.10. The van der Waals surface area contributed by atoms with Gasteiger partial charge in [-0.3, -0.25) is 19.2 Å². The van der Waals surface area contributed by atoms with Crippen LogP contribution in [0.25, 0.3) is 0 Å². The summed E-state index contributed by atoms with van der Waals surface area (Å²) < 4.78 is 1.76. The van der Waals surface area contributed by atoms with Crippen LogP contribution in [0, 0.1) is 19.8 Å². The zero-order chi connectivity index (χ0) is 19.6. The van der Waals surface area contributed by atoms with E-state index < -0.39 is 0 Å². The van der Waals surface area contributed by atoms with Crippen molar-refractivity contribution in [3.05, 3.63) is 16.9 Å². The zero-order valence-electron chi connectivity index (χ0n) is 16.0. The number of hydrogen-bond donors (Lipinski definition) is 2. The molecule has 0 spiro atoms. The van der Waals surface area contributed by atoms with E-state index >= 15 is 0 Å². The maximum atomic E-state index is 12.7.